The summed E-state index contributed by atoms with van der Waals surface area (Å²) in [7, 11) is 0. The molecular formula is C8H14N4O2. The summed E-state index contributed by atoms with van der Waals surface area (Å²) in [5.41, 5.74) is 8.07. The first-order valence-corrected chi connectivity index (χ1v) is 4.65. The number of nitrogens with zero attached hydrogens (tertiary/aromatic N) is 4. The average molecular weight is 198 g/mol. The van der Waals surface area contributed by atoms with E-state index in [-0.39, 0.29) is 18.5 Å². The van der Waals surface area contributed by atoms with Gasteiger partial charge in [-0.3, -0.25) is 4.79 Å². The van der Waals surface area contributed by atoms with Crippen molar-refractivity contribution in [3.05, 3.63) is 10.4 Å². The third-order valence-electron chi connectivity index (χ3n) is 2.45. The fourth-order valence-corrected chi connectivity index (χ4v) is 1.79. The van der Waals surface area contributed by atoms with E-state index in [0.717, 1.165) is 12.8 Å². The monoisotopic (exact) mass is 198 g/mol. The second kappa shape index (κ2) is 4.83. The van der Waals surface area contributed by atoms with Gasteiger partial charge in [-0.1, -0.05) is 5.11 Å². The van der Waals surface area contributed by atoms with Gasteiger partial charge in [0.2, 0.25) is 5.91 Å². The molecule has 1 saturated heterocycles. The molecule has 1 rings (SSSR count). The Labute approximate surface area is 82.1 Å². The molecular weight excluding hydrogens is 184 g/mol. The number of carbonyl (C=O) groups excluding carboxylic acids is 1. The van der Waals surface area contributed by atoms with Gasteiger partial charge in [-0.2, -0.15) is 0 Å². The van der Waals surface area contributed by atoms with Crippen molar-refractivity contribution in [2.45, 2.75) is 31.9 Å². The number of hydrogen-bond acceptors (Lipinski definition) is 3. The van der Waals surface area contributed by atoms with Crippen molar-refractivity contribution in [3.63, 3.8) is 0 Å². The van der Waals surface area contributed by atoms with Gasteiger partial charge in [0.25, 0.3) is 0 Å². The summed E-state index contributed by atoms with van der Waals surface area (Å²) in [4.78, 5) is 15.6. The summed E-state index contributed by atoms with van der Waals surface area (Å²) in [5.74, 6) is -0.203. The summed E-state index contributed by atoms with van der Waals surface area (Å²) in [5, 5.41) is 12.6. The highest BCUT2D eigenvalue weighted by atomic mass is 16.3. The Morgan fingerprint density at radius 3 is 3.14 bits per heavy atom. The molecule has 1 heterocycles. The molecule has 0 aromatic heterocycles. The van der Waals surface area contributed by atoms with Crippen molar-refractivity contribution < 1.29 is 9.90 Å². The molecule has 0 unspecified atom stereocenters. The van der Waals surface area contributed by atoms with Gasteiger partial charge in [-0.15, -0.1) is 0 Å². The van der Waals surface area contributed by atoms with Crippen LogP contribution in [0.4, 0.5) is 0 Å². The van der Waals surface area contributed by atoms with Gasteiger partial charge in [0.05, 0.1) is 12.1 Å². The highest BCUT2D eigenvalue weighted by molar-refractivity contribution is 5.79. The SMILES string of the molecule is C[C@@H](O)[C@H]1CCCN1C(=O)CN=[N+]=[N-]. The number of azide groups is 1. The molecule has 6 heteroatoms. The topological polar surface area (TPSA) is 89.3 Å². The molecule has 0 saturated carbocycles. The van der Waals surface area contributed by atoms with Crippen LogP contribution in [0.15, 0.2) is 5.11 Å². The zero-order valence-corrected chi connectivity index (χ0v) is 8.13. The van der Waals surface area contributed by atoms with Gasteiger partial charge in [0.15, 0.2) is 0 Å². The van der Waals surface area contributed by atoms with Crippen LogP contribution < -0.4 is 0 Å². The van der Waals surface area contributed by atoms with Crippen molar-refractivity contribution in [2.24, 2.45) is 5.11 Å². The molecule has 0 bridgehead atoms. The lowest BCUT2D eigenvalue weighted by molar-refractivity contribution is -0.132. The molecule has 0 aromatic carbocycles. The molecule has 0 spiro atoms. The second-order valence-electron chi connectivity index (χ2n) is 3.43. The van der Waals surface area contributed by atoms with E-state index in [4.69, 9.17) is 5.53 Å². The van der Waals surface area contributed by atoms with Crippen molar-refractivity contribution in [3.8, 4) is 0 Å². The van der Waals surface area contributed by atoms with E-state index in [1.54, 1.807) is 11.8 Å². The van der Waals surface area contributed by atoms with E-state index in [0.29, 0.717) is 6.54 Å². The Hall–Kier alpha value is -1.26. The number of likely N-dealkylation sites (tertiary alicyclic amines) is 1. The molecule has 2 atom stereocenters. The molecule has 1 amide bonds. The molecule has 1 N–H and O–H groups in total. The van der Waals surface area contributed by atoms with Gasteiger partial charge in [-0.25, -0.2) is 0 Å². The third-order valence-corrected chi connectivity index (χ3v) is 2.45. The summed E-state index contributed by atoms with van der Waals surface area (Å²) < 4.78 is 0. The second-order valence-corrected chi connectivity index (χ2v) is 3.43. The van der Waals surface area contributed by atoms with Gasteiger partial charge in [0.1, 0.15) is 6.54 Å². The maximum atomic E-state index is 11.5. The first-order chi connectivity index (χ1) is 6.66. The van der Waals surface area contributed by atoms with E-state index in [1.807, 2.05) is 0 Å². The Kier molecular flexibility index (Phi) is 3.73. The van der Waals surface area contributed by atoms with Crippen LogP contribution in [0.5, 0.6) is 0 Å². The third kappa shape index (κ3) is 2.37. The lowest BCUT2D eigenvalue weighted by Crippen LogP contribution is -2.42. The van der Waals surface area contributed by atoms with E-state index >= 15 is 0 Å². The quantitative estimate of drug-likeness (QED) is 0.410. The zero-order chi connectivity index (χ0) is 10.6. The minimum Gasteiger partial charge on any atom is -0.391 e. The lowest BCUT2D eigenvalue weighted by Gasteiger charge is -2.26. The number of aliphatic hydroxyl groups is 1. The number of amides is 1. The van der Waals surface area contributed by atoms with Crippen LogP contribution in [-0.4, -0.2) is 41.1 Å². The summed E-state index contributed by atoms with van der Waals surface area (Å²) in [6.07, 6.45) is 1.20. The van der Waals surface area contributed by atoms with Crippen LogP contribution >= 0.6 is 0 Å². The Balaban J connectivity index is 2.57. The van der Waals surface area contributed by atoms with Crippen LogP contribution in [0.2, 0.25) is 0 Å². The predicted molar refractivity (Wildman–Crippen MR) is 50.4 cm³/mol. The first-order valence-electron chi connectivity index (χ1n) is 4.65. The average Bonchev–Trinajstić information content (AvgIpc) is 2.62. The van der Waals surface area contributed by atoms with Gasteiger partial charge >= 0.3 is 0 Å². The number of hydrogen-bond donors (Lipinski definition) is 1. The van der Waals surface area contributed by atoms with E-state index < -0.39 is 6.10 Å². The van der Waals surface area contributed by atoms with Gasteiger partial charge in [0, 0.05) is 11.5 Å². The van der Waals surface area contributed by atoms with Crippen LogP contribution in [0.1, 0.15) is 19.8 Å². The van der Waals surface area contributed by atoms with Crippen molar-refractivity contribution in [1.29, 1.82) is 0 Å². The molecule has 6 nitrogen and oxygen atoms in total. The maximum Gasteiger partial charge on any atom is 0.228 e. The van der Waals surface area contributed by atoms with Crippen LogP contribution in [0.3, 0.4) is 0 Å². The minimum atomic E-state index is -0.521. The van der Waals surface area contributed by atoms with E-state index in [1.165, 1.54) is 0 Å². The van der Waals surface area contributed by atoms with E-state index in [9.17, 15) is 9.90 Å². The predicted octanol–water partition coefficient (Wildman–Crippen LogP) is 0.668. The van der Waals surface area contributed by atoms with Crippen LogP contribution in [-0.2, 0) is 4.79 Å². The van der Waals surface area contributed by atoms with Crippen molar-refractivity contribution in [1.82, 2.24) is 4.90 Å². The Morgan fingerprint density at radius 1 is 1.86 bits per heavy atom. The molecule has 0 radical (unpaired) electrons. The lowest BCUT2D eigenvalue weighted by atomic mass is 10.1. The largest absolute Gasteiger partial charge is 0.391 e. The molecule has 14 heavy (non-hydrogen) atoms. The van der Waals surface area contributed by atoms with Gasteiger partial charge in [-0.05, 0) is 25.3 Å². The summed E-state index contributed by atoms with van der Waals surface area (Å²) in [6.45, 7) is 2.17. The van der Waals surface area contributed by atoms with Crippen LogP contribution in [0.25, 0.3) is 10.4 Å². The Morgan fingerprint density at radius 2 is 2.57 bits per heavy atom. The summed E-state index contributed by atoms with van der Waals surface area (Å²) >= 11 is 0. The fraction of sp³-hybridized carbons (Fsp3) is 0.875. The summed E-state index contributed by atoms with van der Waals surface area (Å²) in [6, 6.07) is -0.114. The molecule has 0 aromatic rings. The standard InChI is InChI=1S/C8H14N4O2/c1-6(13)7-3-2-4-12(7)8(14)5-10-11-9/h6-7,13H,2-5H2,1H3/t6-,7-/m1/s1. The molecule has 78 valence electrons. The van der Waals surface area contributed by atoms with E-state index in [2.05, 4.69) is 10.0 Å². The molecule has 1 aliphatic heterocycles. The van der Waals surface area contributed by atoms with Crippen LogP contribution in [0, 0.1) is 0 Å². The normalized spacial score (nSPS) is 23.0. The number of aliphatic hydroxyl groups excluding tert-OH is 1. The molecule has 1 aliphatic rings. The highest BCUT2D eigenvalue weighted by Gasteiger charge is 2.31. The fourth-order valence-electron chi connectivity index (χ4n) is 1.79. The first kappa shape index (κ1) is 10.8. The number of rotatable bonds is 3. The minimum absolute atomic E-state index is 0.114. The molecule has 0 aliphatic carbocycles. The Bertz CT molecular complexity index is 260. The number of carbonyl (C=O) groups is 1. The smallest absolute Gasteiger partial charge is 0.228 e. The van der Waals surface area contributed by atoms with Crippen molar-refractivity contribution in [2.75, 3.05) is 13.1 Å². The highest BCUT2D eigenvalue weighted by Crippen LogP contribution is 2.20. The van der Waals surface area contributed by atoms with Crippen molar-refractivity contribution >= 4 is 5.91 Å². The maximum absolute atomic E-state index is 11.5. The van der Waals surface area contributed by atoms with Gasteiger partial charge < -0.3 is 10.0 Å². The zero-order valence-electron chi connectivity index (χ0n) is 8.13. The molecule has 1 fully saturated rings.